The van der Waals surface area contributed by atoms with Gasteiger partial charge in [-0.05, 0) is 56.0 Å². The van der Waals surface area contributed by atoms with Crippen LogP contribution in [0.5, 0.6) is 11.6 Å². The Morgan fingerprint density at radius 2 is 1.89 bits per heavy atom. The fourth-order valence-corrected chi connectivity index (χ4v) is 4.03. The van der Waals surface area contributed by atoms with E-state index in [1.54, 1.807) is 31.3 Å². The first-order valence-electron chi connectivity index (χ1n) is 12.1. The van der Waals surface area contributed by atoms with E-state index in [0.717, 1.165) is 18.4 Å². The molecule has 7 nitrogen and oxygen atoms in total. The third kappa shape index (κ3) is 5.71. The molecule has 0 spiro atoms. The largest absolute Gasteiger partial charge is 0.437 e. The lowest BCUT2D eigenvalue weighted by atomic mass is 10.0. The van der Waals surface area contributed by atoms with Crippen LogP contribution < -0.4 is 15.4 Å². The van der Waals surface area contributed by atoms with Crippen LogP contribution in [0.4, 0.5) is 23.2 Å². The maximum Gasteiger partial charge on any atom is 0.390 e. The number of anilines is 1. The molecule has 0 unspecified atom stereocenters. The maximum atomic E-state index is 13.8. The Balaban J connectivity index is 1.53. The number of alkyl halides is 3. The van der Waals surface area contributed by atoms with Crippen molar-refractivity contribution in [2.24, 2.45) is 0 Å². The third-order valence-corrected chi connectivity index (χ3v) is 6.21. The van der Waals surface area contributed by atoms with Gasteiger partial charge in [-0.2, -0.15) is 13.2 Å². The van der Waals surface area contributed by atoms with Gasteiger partial charge in [0, 0.05) is 35.8 Å². The lowest BCUT2D eigenvalue weighted by Crippen LogP contribution is -2.26. The van der Waals surface area contributed by atoms with Crippen LogP contribution in [-0.2, 0) is 0 Å². The van der Waals surface area contributed by atoms with Crippen molar-refractivity contribution in [1.29, 1.82) is 0 Å². The van der Waals surface area contributed by atoms with Gasteiger partial charge in [0.1, 0.15) is 11.6 Å². The molecular weight excluding hydrogens is 502 g/mol. The summed E-state index contributed by atoms with van der Waals surface area (Å²) >= 11 is 0. The molecule has 1 fully saturated rings. The number of fused-ring (bicyclic) bond motifs is 1. The molecule has 2 heterocycles. The van der Waals surface area contributed by atoms with Crippen molar-refractivity contribution < 1.29 is 27.1 Å². The normalized spacial score (nSPS) is 13.5. The topological polar surface area (TPSA) is 80.5 Å². The van der Waals surface area contributed by atoms with Gasteiger partial charge < -0.3 is 15.4 Å². The number of rotatable bonds is 8. The highest BCUT2D eigenvalue weighted by Gasteiger charge is 2.27. The van der Waals surface area contributed by atoms with E-state index in [9.17, 15) is 22.4 Å². The van der Waals surface area contributed by atoms with Gasteiger partial charge >= 0.3 is 6.18 Å². The molecule has 1 aliphatic carbocycles. The summed E-state index contributed by atoms with van der Waals surface area (Å²) in [7, 11) is 0. The molecule has 4 aromatic rings. The smallest absolute Gasteiger partial charge is 0.390 e. The average Bonchev–Trinajstić information content (AvgIpc) is 3.55. The second-order valence-corrected chi connectivity index (χ2v) is 9.36. The number of aromatic nitrogens is 3. The monoisotopic (exact) mass is 527 g/mol. The van der Waals surface area contributed by atoms with Gasteiger partial charge in [-0.25, -0.2) is 13.9 Å². The Hall–Kier alpha value is -4.15. The number of amides is 1. The van der Waals surface area contributed by atoms with Gasteiger partial charge in [0.25, 0.3) is 5.91 Å². The quantitative estimate of drug-likeness (QED) is 0.267. The molecule has 2 aromatic carbocycles. The number of halogens is 4. The lowest BCUT2D eigenvalue weighted by Gasteiger charge is -2.14. The Morgan fingerprint density at radius 3 is 2.61 bits per heavy atom. The highest BCUT2D eigenvalue weighted by molar-refractivity contribution is 5.96. The number of nitrogens with one attached hydrogen (secondary N) is 2. The predicted octanol–water partition coefficient (Wildman–Crippen LogP) is 6.20. The lowest BCUT2D eigenvalue weighted by molar-refractivity contribution is -0.131. The standard InChI is InChI=1S/C27H25F4N5O2/c1-15-3-5-18(28)12-23(15)38-24-13-21(32-10-9-27(29,30)31)25-33-14-22(36(25)35-24)17-4-8-20(16(2)11-17)26(37)34-19-6-7-19/h3-5,8,11-14,19,32H,6-7,9-10H2,1-2H3,(H,34,37). The average molecular weight is 528 g/mol. The Kier molecular flexibility index (Phi) is 6.68. The fourth-order valence-electron chi connectivity index (χ4n) is 4.03. The zero-order valence-corrected chi connectivity index (χ0v) is 20.7. The maximum absolute atomic E-state index is 13.8. The number of aryl methyl sites for hydroxylation is 2. The zero-order valence-electron chi connectivity index (χ0n) is 20.7. The minimum atomic E-state index is -4.33. The minimum absolute atomic E-state index is 0.0390. The summed E-state index contributed by atoms with van der Waals surface area (Å²) in [5.74, 6) is -0.372. The molecule has 11 heteroatoms. The number of hydrogen-bond donors (Lipinski definition) is 2. The Bertz CT molecular complexity index is 1510. The summed E-state index contributed by atoms with van der Waals surface area (Å²) in [5.41, 5.74) is 3.77. The molecule has 5 rings (SSSR count). The molecule has 1 aliphatic rings. The van der Waals surface area contributed by atoms with E-state index in [4.69, 9.17) is 4.74 Å². The van der Waals surface area contributed by atoms with Gasteiger partial charge in [-0.3, -0.25) is 4.79 Å². The highest BCUT2D eigenvalue weighted by atomic mass is 19.4. The SMILES string of the molecule is Cc1ccc(F)cc1Oc1cc(NCCC(F)(F)F)c2ncc(-c3ccc(C(=O)NC4CC4)c(C)c3)n2n1. The molecule has 1 amide bonds. The number of ether oxygens (including phenoxy) is 1. The number of benzene rings is 2. The highest BCUT2D eigenvalue weighted by Crippen LogP contribution is 2.31. The first kappa shape index (κ1) is 25.5. The van der Waals surface area contributed by atoms with Gasteiger partial charge in [-0.15, -0.1) is 5.10 Å². The molecular formula is C27H25F4N5O2. The molecule has 2 N–H and O–H groups in total. The zero-order chi connectivity index (χ0) is 27.0. The van der Waals surface area contributed by atoms with Crippen LogP contribution in [0.25, 0.3) is 16.9 Å². The molecule has 38 heavy (non-hydrogen) atoms. The van der Waals surface area contributed by atoms with Crippen LogP contribution in [0, 0.1) is 19.7 Å². The van der Waals surface area contributed by atoms with Crippen molar-refractivity contribution in [2.75, 3.05) is 11.9 Å². The van der Waals surface area contributed by atoms with Gasteiger partial charge in [0.05, 0.1) is 24.0 Å². The molecule has 0 radical (unpaired) electrons. The number of carbonyl (C=O) groups excluding carboxylic acids is 1. The third-order valence-electron chi connectivity index (χ3n) is 6.21. The van der Waals surface area contributed by atoms with Crippen LogP contribution in [0.2, 0.25) is 0 Å². The van der Waals surface area contributed by atoms with Crippen molar-refractivity contribution in [3.05, 3.63) is 71.2 Å². The van der Waals surface area contributed by atoms with Crippen LogP contribution in [0.15, 0.2) is 48.7 Å². The molecule has 2 aromatic heterocycles. The molecule has 0 saturated heterocycles. The number of imidazole rings is 1. The number of carbonyl (C=O) groups is 1. The van der Waals surface area contributed by atoms with Crippen LogP contribution in [0.3, 0.4) is 0 Å². The molecule has 1 saturated carbocycles. The summed E-state index contributed by atoms with van der Waals surface area (Å²) in [6.07, 6.45) is -1.87. The van der Waals surface area contributed by atoms with Crippen molar-refractivity contribution >= 4 is 17.2 Å². The van der Waals surface area contributed by atoms with Crippen LogP contribution in [-0.4, -0.2) is 39.3 Å². The second kappa shape index (κ2) is 9.96. The van der Waals surface area contributed by atoms with Crippen molar-refractivity contribution in [3.63, 3.8) is 0 Å². The van der Waals surface area contributed by atoms with E-state index < -0.39 is 18.4 Å². The van der Waals surface area contributed by atoms with Crippen molar-refractivity contribution in [2.45, 2.75) is 45.3 Å². The number of hydrogen-bond acceptors (Lipinski definition) is 5. The van der Waals surface area contributed by atoms with Crippen LogP contribution in [0.1, 0.15) is 40.7 Å². The Labute approximate surface area is 215 Å². The van der Waals surface area contributed by atoms with E-state index in [0.29, 0.717) is 28.0 Å². The van der Waals surface area contributed by atoms with Gasteiger partial charge in [-0.1, -0.05) is 12.1 Å². The fraction of sp³-hybridized carbons (Fsp3) is 0.296. The minimum Gasteiger partial charge on any atom is -0.437 e. The van der Waals surface area contributed by atoms with E-state index in [1.807, 2.05) is 13.0 Å². The van der Waals surface area contributed by atoms with Gasteiger partial charge in [0.15, 0.2) is 5.65 Å². The summed E-state index contributed by atoms with van der Waals surface area (Å²) < 4.78 is 59.5. The molecule has 0 atom stereocenters. The second-order valence-electron chi connectivity index (χ2n) is 9.36. The Morgan fingerprint density at radius 1 is 1.11 bits per heavy atom. The predicted molar refractivity (Wildman–Crippen MR) is 134 cm³/mol. The molecule has 198 valence electrons. The number of nitrogens with zero attached hydrogens (tertiary/aromatic N) is 3. The van der Waals surface area contributed by atoms with Crippen molar-refractivity contribution in [1.82, 2.24) is 19.9 Å². The van der Waals surface area contributed by atoms with E-state index >= 15 is 0 Å². The summed E-state index contributed by atoms with van der Waals surface area (Å²) in [6, 6.07) is 11.0. The summed E-state index contributed by atoms with van der Waals surface area (Å²) in [6.45, 7) is 3.18. The molecule has 0 bridgehead atoms. The van der Waals surface area contributed by atoms with Crippen molar-refractivity contribution in [3.8, 4) is 22.9 Å². The van der Waals surface area contributed by atoms with E-state index in [1.165, 1.54) is 22.7 Å². The van der Waals surface area contributed by atoms with Crippen LogP contribution >= 0.6 is 0 Å². The van der Waals surface area contributed by atoms with Gasteiger partial charge in [0.2, 0.25) is 5.88 Å². The summed E-state index contributed by atoms with van der Waals surface area (Å²) in [5, 5.41) is 10.2. The first-order chi connectivity index (χ1) is 18.1. The van der Waals surface area contributed by atoms with E-state index in [-0.39, 0.29) is 35.8 Å². The van der Waals surface area contributed by atoms with E-state index in [2.05, 4.69) is 20.7 Å². The molecule has 0 aliphatic heterocycles. The first-order valence-corrected chi connectivity index (χ1v) is 12.1. The summed E-state index contributed by atoms with van der Waals surface area (Å²) in [4.78, 5) is 16.9.